The van der Waals surface area contributed by atoms with Gasteiger partial charge in [-0.05, 0) is 73.1 Å². The first-order chi connectivity index (χ1) is 21.5. The lowest BCUT2D eigenvalue weighted by Gasteiger charge is -2.27. The standard InChI is InChI=1S/C26H35O7P.C9H11NO2/c1-17(15-26(2,3)4)16-34(29,24(27)22-18(30-5)11-9-12-19(22)31-6)25(28)23-20(32-7)13-10-14-21(23)33-8;1-5-3-4-7(9(11)12)8(10)6(5)2/h9-14,17H,15-16H2,1-8H3;3-4H,10H2,1-2H3,(H,11,12). The Hall–Kier alpha value is -4.30. The van der Waals surface area contributed by atoms with E-state index < -0.39 is 24.2 Å². The van der Waals surface area contributed by atoms with Gasteiger partial charge < -0.3 is 34.4 Å². The Labute approximate surface area is 271 Å². The van der Waals surface area contributed by atoms with Gasteiger partial charge in [-0.15, -0.1) is 0 Å². The highest BCUT2D eigenvalue weighted by atomic mass is 31.2. The molecule has 0 aliphatic heterocycles. The van der Waals surface area contributed by atoms with Crippen LogP contribution in [0.25, 0.3) is 0 Å². The minimum absolute atomic E-state index is 0.0130. The Morgan fingerprint density at radius 2 is 1.17 bits per heavy atom. The molecule has 3 N–H and O–H groups in total. The van der Waals surface area contributed by atoms with Crippen LogP contribution in [0.4, 0.5) is 5.69 Å². The zero-order valence-corrected chi connectivity index (χ0v) is 29.2. The molecule has 0 amide bonds. The molecule has 11 heteroatoms. The molecule has 0 saturated heterocycles. The van der Waals surface area contributed by atoms with E-state index in [0.717, 1.165) is 11.1 Å². The van der Waals surface area contributed by atoms with E-state index in [1.54, 1.807) is 42.5 Å². The Bertz CT molecular complexity index is 1510. The van der Waals surface area contributed by atoms with Gasteiger partial charge >= 0.3 is 5.97 Å². The van der Waals surface area contributed by atoms with Crippen LogP contribution in [0.3, 0.4) is 0 Å². The second-order valence-electron chi connectivity index (χ2n) is 12.3. The summed E-state index contributed by atoms with van der Waals surface area (Å²) in [7, 11) is 1.38. The summed E-state index contributed by atoms with van der Waals surface area (Å²) in [5.41, 5.74) is 6.28. The number of anilines is 1. The predicted molar refractivity (Wildman–Crippen MR) is 181 cm³/mol. The number of carboxylic acids is 1. The van der Waals surface area contributed by atoms with Gasteiger partial charge in [-0.3, -0.25) is 9.59 Å². The van der Waals surface area contributed by atoms with Crippen molar-refractivity contribution in [3.05, 3.63) is 76.3 Å². The van der Waals surface area contributed by atoms with Crippen LogP contribution in [-0.2, 0) is 4.57 Å². The second kappa shape index (κ2) is 15.8. The Morgan fingerprint density at radius 1 is 0.783 bits per heavy atom. The summed E-state index contributed by atoms with van der Waals surface area (Å²) < 4.78 is 36.2. The van der Waals surface area contributed by atoms with Gasteiger partial charge in [0.2, 0.25) is 18.2 Å². The Morgan fingerprint density at radius 3 is 1.50 bits per heavy atom. The van der Waals surface area contributed by atoms with Crippen LogP contribution >= 0.6 is 7.14 Å². The molecule has 0 bridgehead atoms. The Kier molecular flexibility index (Phi) is 13.0. The second-order valence-corrected chi connectivity index (χ2v) is 14.9. The molecule has 250 valence electrons. The van der Waals surface area contributed by atoms with Gasteiger partial charge in [-0.2, -0.15) is 0 Å². The summed E-state index contributed by atoms with van der Waals surface area (Å²) in [5.74, 6) is -0.405. The van der Waals surface area contributed by atoms with E-state index in [1.165, 1.54) is 34.5 Å². The third kappa shape index (κ3) is 8.69. The number of nitrogen functional groups attached to an aromatic ring is 1. The topological polar surface area (TPSA) is 151 Å². The van der Waals surface area contributed by atoms with Crippen molar-refractivity contribution < 1.29 is 43.0 Å². The number of rotatable bonds is 12. The fourth-order valence-electron chi connectivity index (χ4n) is 5.32. The summed E-state index contributed by atoms with van der Waals surface area (Å²) in [6.07, 6.45) is 0.564. The van der Waals surface area contributed by atoms with E-state index in [9.17, 15) is 18.9 Å². The van der Waals surface area contributed by atoms with Crippen molar-refractivity contribution in [2.24, 2.45) is 11.3 Å². The zero-order valence-electron chi connectivity index (χ0n) is 28.3. The summed E-state index contributed by atoms with van der Waals surface area (Å²) in [6.45, 7) is 11.8. The minimum Gasteiger partial charge on any atom is -0.496 e. The fourth-order valence-corrected chi connectivity index (χ4v) is 8.00. The highest BCUT2D eigenvalue weighted by Gasteiger charge is 2.46. The van der Waals surface area contributed by atoms with Gasteiger partial charge in [0.15, 0.2) is 0 Å². The maximum absolute atomic E-state index is 14.7. The average molecular weight is 656 g/mol. The molecule has 46 heavy (non-hydrogen) atoms. The summed E-state index contributed by atoms with van der Waals surface area (Å²) in [6, 6.07) is 12.9. The normalized spacial score (nSPS) is 11.9. The van der Waals surface area contributed by atoms with Crippen LogP contribution in [0.5, 0.6) is 23.0 Å². The van der Waals surface area contributed by atoms with Crippen molar-refractivity contribution in [3.63, 3.8) is 0 Å². The third-order valence-corrected chi connectivity index (χ3v) is 10.4. The number of ether oxygens (including phenoxy) is 4. The predicted octanol–water partition coefficient (Wildman–Crippen LogP) is 7.72. The number of nitrogens with two attached hydrogens (primary N) is 1. The zero-order chi connectivity index (χ0) is 35.0. The van der Waals surface area contributed by atoms with Crippen LogP contribution < -0.4 is 24.7 Å². The molecule has 1 unspecified atom stereocenters. The lowest BCUT2D eigenvalue weighted by molar-refractivity contribution is 0.0697. The number of hydrogen-bond acceptors (Lipinski definition) is 9. The Balaban J connectivity index is 0.000000512. The lowest BCUT2D eigenvalue weighted by atomic mass is 9.86. The van der Waals surface area contributed by atoms with Gasteiger partial charge in [0, 0.05) is 11.8 Å². The molecule has 1 atom stereocenters. The van der Waals surface area contributed by atoms with Gasteiger partial charge in [-0.1, -0.05) is 45.9 Å². The molecule has 3 aromatic rings. The van der Waals surface area contributed by atoms with Crippen molar-refractivity contribution in [1.29, 1.82) is 0 Å². The number of benzene rings is 3. The number of aromatic carboxylic acids is 1. The van der Waals surface area contributed by atoms with Gasteiger partial charge in [0.25, 0.3) is 0 Å². The fraction of sp³-hybridized carbons (Fsp3) is 0.400. The van der Waals surface area contributed by atoms with Crippen LogP contribution in [-0.4, -0.2) is 56.7 Å². The van der Waals surface area contributed by atoms with Crippen molar-refractivity contribution in [2.75, 3.05) is 40.3 Å². The first kappa shape index (κ1) is 37.9. The minimum atomic E-state index is -4.25. The molecule has 0 aliphatic rings. The molecule has 0 heterocycles. The molecular formula is C35H46NO9P. The lowest BCUT2D eigenvalue weighted by Crippen LogP contribution is -2.21. The third-order valence-electron chi connectivity index (χ3n) is 7.49. The average Bonchev–Trinajstić information content (AvgIpc) is 3.00. The number of hydrogen-bond donors (Lipinski definition) is 2. The van der Waals surface area contributed by atoms with Crippen LogP contribution in [0.1, 0.15) is 76.3 Å². The SMILES string of the molecule is COc1cccc(OC)c1C(=O)P(=O)(CC(C)CC(C)(C)C)C(=O)c1c(OC)cccc1OC.Cc1ccc(C(=O)O)c(N)c1C. The van der Waals surface area contributed by atoms with Gasteiger partial charge in [0.05, 0.1) is 34.0 Å². The summed E-state index contributed by atoms with van der Waals surface area (Å²) in [5, 5.41) is 8.70. The maximum atomic E-state index is 14.7. The van der Waals surface area contributed by atoms with E-state index in [-0.39, 0.29) is 57.2 Å². The number of carboxylic acid groups (broad SMARTS) is 1. The van der Waals surface area contributed by atoms with Crippen molar-refractivity contribution in [2.45, 2.75) is 48.0 Å². The van der Waals surface area contributed by atoms with Crippen molar-refractivity contribution >= 4 is 29.8 Å². The van der Waals surface area contributed by atoms with E-state index in [1.807, 2.05) is 20.8 Å². The molecule has 0 fully saturated rings. The summed E-state index contributed by atoms with van der Waals surface area (Å²) >= 11 is 0. The van der Waals surface area contributed by atoms with Crippen molar-refractivity contribution in [1.82, 2.24) is 0 Å². The molecular weight excluding hydrogens is 609 g/mol. The van der Waals surface area contributed by atoms with Gasteiger partial charge in [0.1, 0.15) is 34.1 Å². The maximum Gasteiger partial charge on any atom is 0.337 e. The molecule has 0 aliphatic carbocycles. The number of methoxy groups -OCH3 is 4. The highest BCUT2D eigenvalue weighted by Crippen LogP contribution is 2.58. The summed E-state index contributed by atoms with van der Waals surface area (Å²) in [4.78, 5) is 38.6. The molecule has 0 spiro atoms. The van der Waals surface area contributed by atoms with Crippen molar-refractivity contribution in [3.8, 4) is 23.0 Å². The number of aryl methyl sites for hydroxylation is 1. The molecule has 0 saturated carbocycles. The number of carbonyl (C=O) groups is 3. The molecule has 0 radical (unpaired) electrons. The number of carbonyl (C=O) groups excluding carboxylic acids is 2. The molecule has 0 aromatic heterocycles. The largest absolute Gasteiger partial charge is 0.496 e. The molecule has 10 nitrogen and oxygen atoms in total. The molecule has 3 aromatic carbocycles. The highest BCUT2D eigenvalue weighted by molar-refractivity contribution is 7.95. The first-order valence-corrected chi connectivity index (χ1v) is 16.6. The van der Waals surface area contributed by atoms with E-state index >= 15 is 0 Å². The van der Waals surface area contributed by atoms with Crippen LogP contribution in [0.15, 0.2) is 48.5 Å². The van der Waals surface area contributed by atoms with Gasteiger partial charge in [-0.25, -0.2) is 4.79 Å². The first-order valence-electron chi connectivity index (χ1n) is 14.7. The van der Waals surface area contributed by atoms with Crippen LogP contribution in [0.2, 0.25) is 0 Å². The molecule has 3 rings (SSSR count). The van der Waals surface area contributed by atoms with Crippen LogP contribution in [0, 0.1) is 25.2 Å². The van der Waals surface area contributed by atoms with E-state index in [2.05, 4.69) is 20.8 Å². The van der Waals surface area contributed by atoms with E-state index in [4.69, 9.17) is 29.8 Å². The monoisotopic (exact) mass is 655 g/mol. The smallest absolute Gasteiger partial charge is 0.337 e. The van der Waals surface area contributed by atoms with E-state index in [0.29, 0.717) is 12.1 Å². The quantitative estimate of drug-likeness (QED) is 0.147.